The van der Waals surface area contributed by atoms with Crippen LogP contribution < -0.4 is 4.90 Å². The number of rotatable bonds is 4. The second-order valence-corrected chi connectivity index (χ2v) is 12.3. The van der Waals surface area contributed by atoms with E-state index in [2.05, 4.69) is 30.0 Å². The van der Waals surface area contributed by atoms with Crippen LogP contribution in [0.25, 0.3) is 10.2 Å². The Morgan fingerprint density at radius 1 is 1.00 bits per heavy atom. The van der Waals surface area contributed by atoms with Gasteiger partial charge in [0, 0.05) is 44.8 Å². The number of morpholine rings is 1. The number of aromatic nitrogens is 1. The highest BCUT2D eigenvalue weighted by Gasteiger charge is 2.32. The molecule has 186 valence electrons. The largest absolute Gasteiger partial charge is 0.373 e. The van der Waals surface area contributed by atoms with Gasteiger partial charge in [0.2, 0.25) is 10.0 Å². The van der Waals surface area contributed by atoms with E-state index in [0.29, 0.717) is 44.8 Å². The number of hydrogen-bond acceptors (Lipinski definition) is 7. The fourth-order valence-electron chi connectivity index (χ4n) is 4.68. The van der Waals surface area contributed by atoms with Crippen molar-refractivity contribution in [3.05, 3.63) is 53.6 Å². The molecule has 1 amide bonds. The summed E-state index contributed by atoms with van der Waals surface area (Å²) in [5.74, 6) is -0.0814. The number of piperazine rings is 1. The number of thiazole rings is 1. The zero-order chi connectivity index (χ0) is 24.7. The molecule has 2 aliphatic rings. The van der Waals surface area contributed by atoms with Crippen molar-refractivity contribution in [3.8, 4) is 0 Å². The van der Waals surface area contributed by atoms with Gasteiger partial charge in [0.1, 0.15) is 0 Å². The van der Waals surface area contributed by atoms with E-state index in [1.165, 1.54) is 26.7 Å². The Labute approximate surface area is 210 Å². The smallest absolute Gasteiger partial charge is 0.253 e. The molecule has 0 saturated carbocycles. The first-order chi connectivity index (χ1) is 16.7. The summed E-state index contributed by atoms with van der Waals surface area (Å²) in [7, 11) is -3.63. The molecular weight excluding hydrogens is 484 g/mol. The van der Waals surface area contributed by atoms with E-state index in [-0.39, 0.29) is 23.0 Å². The first kappa shape index (κ1) is 24.2. The fraction of sp³-hybridized carbons (Fsp3) is 0.440. The van der Waals surface area contributed by atoms with Crippen molar-refractivity contribution in [2.45, 2.75) is 37.9 Å². The van der Waals surface area contributed by atoms with Gasteiger partial charge in [-0.15, -0.1) is 0 Å². The van der Waals surface area contributed by atoms with Crippen molar-refractivity contribution in [3.63, 3.8) is 0 Å². The molecule has 3 aromatic rings. The number of ether oxygens (including phenoxy) is 1. The van der Waals surface area contributed by atoms with E-state index >= 15 is 0 Å². The van der Waals surface area contributed by atoms with Crippen LogP contribution in [0.2, 0.25) is 0 Å². The molecule has 2 aliphatic heterocycles. The van der Waals surface area contributed by atoms with Gasteiger partial charge in [-0.2, -0.15) is 4.31 Å². The van der Waals surface area contributed by atoms with E-state index in [0.717, 1.165) is 10.6 Å². The lowest BCUT2D eigenvalue weighted by Crippen LogP contribution is -2.48. The number of benzene rings is 2. The van der Waals surface area contributed by atoms with E-state index in [1.54, 1.807) is 23.5 Å². The molecular formula is C25H30N4O4S2. The van der Waals surface area contributed by atoms with Crippen LogP contribution >= 0.6 is 11.3 Å². The maximum atomic E-state index is 13.1. The maximum Gasteiger partial charge on any atom is 0.253 e. The highest BCUT2D eigenvalue weighted by molar-refractivity contribution is 7.89. The van der Waals surface area contributed by atoms with E-state index in [9.17, 15) is 13.2 Å². The second kappa shape index (κ2) is 9.50. The monoisotopic (exact) mass is 514 g/mol. The van der Waals surface area contributed by atoms with Crippen LogP contribution in [-0.4, -0.2) is 80.0 Å². The molecule has 0 aliphatic carbocycles. The predicted octanol–water partition coefficient (Wildman–Crippen LogP) is 3.37. The van der Waals surface area contributed by atoms with Crippen LogP contribution in [-0.2, 0) is 14.8 Å². The molecule has 0 bridgehead atoms. The van der Waals surface area contributed by atoms with Crippen LogP contribution in [0.1, 0.15) is 29.8 Å². The summed E-state index contributed by atoms with van der Waals surface area (Å²) >= 11 is 1.68. The van der Waals surface area contributed by atoms with Gasteiger partial charge in [-0.05, 0) is 62.7 Å². The van der Waals surface area contributed by atoms with Gasteiger partial charge in [-0.25, -0.2) is 13.4 Å². The van der Waals surface area contributed by atoms with Gasteiger partial charge >= 0.3 is 0 Å². The van der Waals surface area contributed by atoms with Crippen molar-refractivity contribution in [2.24, 2.45) is 0 Å². The predicted molar refractivity (Wildman–Crippen MR) is 138 cm³/mol. The van der Waals surface area contributed by atoms with Gasteiger partial charge < -0.3 is 14.5 Å². The van der Waals surface area contributed by atoms with Crippen molar-refractivity contribution < 1.29 is 17.9 Å². The number of fused-ring (bicyclic) bond motifs is 1. The number of nitrogens with zero attached hydrogens (tertiary/aromatic N) is 4. The topological polar surface area (TPSA) is 83.1 Å². The average Bonchev–Trinajstić information content (AvgIpc) is 3.26. The van der Waals surface area contributed by atoms with Crippen molar-refractivity contribution in [1.82, 2.24) is 14.2 Å². The number of carbonyl (C=O) groups is 1. The Kier molecular flexibility index (Phi) is 6.56. The van der Waals surface area contributed by atoms with E-state index < -0.39 is 10.0 Å². The normalized spacial score (nSPS) is 22.0. The molecule has 1 aromatic heterocycles. The highest BCUT2D eigenvalue weighted by atomic mass is 32.2. The minimum atomic E-state index is -3.63. The Bertz CT molecular complexity index is 1320. The molecule has 2 unspecified atom stereocenters. The van der Waals surface area contributed by atoms with E-state index in [1.807, 2.05) is 18.7 Å². The van der Waals surface area contributed by atoms with Gasteiger partial charge in [-0.3, -0.25) is 4.79 Å². The van der Waals surface area contributed by atoms with Gasteiger partial charge in [-0.1, -0.05) is 17.4 Å². The molecule has 8 nitrogen and oxygen atoms in total. The summed E-state index contributed by atoms with van der Waals surface area (Å²) in [4.78, 5) is 22.1. The second-order valence-electron chi connectivity index (χ2n) is 9.35. The third-order valence-corrected chi connectivity index (χ3v) is 9.42. The highest BCUT2D eigenvalue weighted by Crippen LogP contribution is 2.30. The zero-order valence-electron chi connectivity index (χ0n) is 20.2. The molecule has 2 aromatic carbocycles. The lowest BCUT2D eigenvalue weighted by Gasteiger charge is -2.35. The summed E-state index contributed by atoms with van der Waals surface area (Å²) < 4.78 is 34.5. The SMILES string of the molecule is Cc1ccc2nc(N3CCN(C(=O)c4ccc(S(=O)(=O)N5CC(C)OC(C)C5)cc4)CC3)sc2c1. The van der Waals surface area contributed by atoms with Crippen LogP contribution in [0.3, 0.4) is 0 Å². The van der Waals surface area contributed by atoms with Gasteiger partial charge in [0.15, 0.2) is 5.13 Å². The number of anilines is 1. The molecule has 5 rings (SSSR count). The van der Waals surface area contributed by atoms with E-state index in [4.69, 9.17) is 9.72 Å². The number of hydrogen-bond donors (Lipinski definition) is 0. The molecule has 10 heteroatoms. The van der Waals surface area contributed by atoms with Crippen molar-refractivity contribution >= 4 is 42.6 Å². The number of carbonyl (C=O) groups excluding carboxylic acids is 1. The molecule has 3 heterocycles. The quantitative estimate of drug-likeness (QED) is 0.531. The lowest BCUT2D eigenvalue weighted by molar-refractivity contribution is -0.0440. The molecule has 2 saturated heterocycles. The number of amides is 1. The first-order valence-electron chi connectivity index (χ1n) is 11.9. The molecule has 2 atom stereocenters. The van der Waals surface area contributed by atoms with Crippen LogP contribution in [0, 0.1) is 6.92 Å². The van der Waals surface area contributed by atoms with Crippen molar-refractivity contribution in [2.75, 3.05) is 44.2 Å². The number of aryl methyl sites for hydroxylation is 1. The Morgan fingerprint density at radius 2 is 1.66 bits per heavy atom. The lowest BCUT2D eigenvalue weighted by atomic mass is 10.2. The molecule has 0 spiro atoms. The summed E-state index contributed by atoms with van der Waals surface area (Å²) in [5, 5.41) is 0.985. The minimum Gasteiger partial charge on any atom is -0.373 e. The molecule has 0 radical (unpaired) electrons. The molecule has 2 fully saturated rings. The van der Waals surface area contributed by atoms with Crippen LogP contribution in [0.5, 0.6) is 0 Å². The maximum absolute atomic E-state index is 13.1. The van der Waals surface area contributed by atoms with Gasteiger partial charge in [0.05, 0.1) is 27.3 Å². The van der Waals surface area contributed by atoms with Crippen molar-refractivity contribution in [1.29, 1.82) is 0 Å². The molecule has 0 N–H and O–H groups in total. The minimum absolute atomic E-state index is 0.0814. The standard InChI is InChI=1S/C25H30N4O4S2/c1-17-4-9-22-23(14-17)34-25(26-22)28-12-10-27(11-13-28)24(30)20-5-7-21(8-6-20)35(31,32)29-15-18(2)33-19(3)16-29/h4-9,14,18-19H,10-13,15-16H2,1-3H3. The third-order valence-electron chi connectivity index (χ3n) is 6.50. The Balaban J connectivity index is 1.23. The summed E-state index contributed by atoms with van der Waals surface area (Å²) in [6.07, 6.45) is -0.306. The first-order valence-corrected chi connectivity index (χ1v) is 14.1. The summed E-state index contributed by atoms with van der Waals surface area (Å²) in [6, 6.07) is 12.6. The van der Waals surface area contributed by atoms with Crippen LogP contribution in [0.15, 0.2) is 47.4 Å². The third kappa shape index (κ3) is 4.93. The van der Waals surface area contributed by atoms with Gasteiger partial charge in [0.25, 0.3) is 5.91 Å². The summed E-state index contributed by atoms with van der Waals surface area (Å²) in [5.41, 5.74) is 2.72. The average molecular weight is 515 g/mol. The summed E-state index contributed by atoms with van der Waals surface area (Å²) in [6.45, 7) is 9.09. The fourth-order valence-corrected chi connectivity index (χ4v) is 7.39. The van der Waals surface area contributed by atoms with Crippen LogP contribution in [0.4, 0.5) is 5.13 Å². The Morgan fingerprint density at radius 3 is 2.31 bits per heavy atom. The number of sulfonamides is 1. The zero-order valence-corrected chi connectivity index (χ0v) is 21.8. The molecule has 35 heavy (non-hydrogen) atoms. The Hall–Kier alpha value is -2.53.